The van der Waals surface area contributed by atoms with E-state index in [9.17, 15) is 4.79 Å². The molecule has 1 saturated carbocycles. The molecule has 0 atom stereocenters. The minimum atomic E-state index is -0.137. The largest absolute Gasteiger partial charge is 0.461 e. The van der Waals surface area contributed by atoms with E-state index in [1.165, 1.54) is 5.54 Å². The van der Waals surface area contributed by atoms with Crippen molar-refractivity contribution < 1.29 is 9.53 Å². The van der Waals surface area contributed by atoms with E-state index in [1.54, 1.807) is 22.9 Å². The summed E-state index contributed by atoms with van der Waals surface area (Å²) in [7, 11) is 0. The van der Waals surface area contributed by atoms with Crippen LogP contribution < -0.4 is 0 Å². The SMILES string of the molecule is N#Cc1cc(COC(=O)C2CC2)cn1C/C=C/Cl. The van der Waals surface area contributed by atoms with Crippen LogP contribution in [0.4, 0.5) is 0 Å². The highest BCUT2D eigenvalue weighted by molar-refractivity contribution is 6.25. The number of aromatic nitrogens is 1. The highest BCUT2D eigenvalue weighted by Crippen LogP contribution is 2.30. The van der Waals surface area contributed by atoms with Crippen LogP contribution in [-0.4, -0.2) is 10.5 Å². The Balaban J connectivity index is 1.97. The first-order chi connectivity index (χ1) is 8.74. The summed E-state index contributed by atoms with van der Waals surface area (Å²) in [6, 6.07) is 3.82. The lowest BCUT2D eigenvalue weighted by atomic mass is 10.3. The van der Waals surface area contributed by atoms with Crippen LogP contribution in [0.2, 0.25) is 0 Å². The van der Waals surface area contributed by atoms with Gasteiger partial charge in [0.15, 0.2) is 0 Å². The van der Waals surface area contributed by atoms with Gasteiger partial charge in [0.25, 0.3) is 0 Å². The molecule has 0 aromatic carbocycles. The molecule has 1 fully saturated rings. The third-order valence-electron chi connectivity index (χ3n) is 2.75. The van der Waals surface area contributed by atoms with Gasteiger partial charge in [0.2, 0.25) is 0 Å². The predicted molar refractivity (Wildman–Crippen MR) is 66.7 cm³/mol. The van der Waals surface area contributed by atoms with Gasteiger partial charge in [0.05, 0.1) is 5.92 Å². The molecule has 0 unspecified atom stereocenters. The first-order valence-electron chi connectivity index (χ1n) is 5.75. The Labute approximate surface area is 110 Å². The molecule has 1 aliphatic rings. The number of esters is 1. The fourth-order valence-corrected chi connectivity index (χ4v) is 1.72. The molecule has 1 aliphatic carbocycles. The zero-order valence-corrected chi connectivity index (χ0v) is 10.6. The van der Waals surface area contributed by atoms with Gasteiger partial charge in [-0.1, -0.05) is 17.7 Å². The van der Waals surface area contributed by atoms with Crippen molar-refractivity contribution in [2.75, 3.05) is 0 Å². The van der Waals surface area contributed by atoms with E-state index in [4.69, 9.17) is 21.6 Å². The number of hydrogen-bond donors (Lipinski definition) is 0. The Bertz CT molecular complexity index is 510. The number of carbonyl (C=O) groups is 1. The molecule has 94 valence electrons. The smallest absolute Gasteiger partial charge is 0.309 e. The third kappa shape index (κ3) is 3.14. The van der Waals surface area contributed by atoms with Crippen LogP contribution >= 0.6 is 11.6 Å². The van der Waals surface area contributed by atoms with Crippen LogP contribution in [0.1, 0.15) is 24.1 Å². The second-order valence-corrected chi connectivity index (χ2v) is 4.49. The van der Waals surface area contributed by atoms with Gasteiger partial charge in [-0.3, -0.25) is 4.79 Å². The summed E-state index contributed by atoms with van der Waals surface area (Å²) in [6.07, 6.45) is 5.41. The standard InChI is InChI=1S/C13H13ClN2O2/c14-4-1-5-16-8-10(6-12(16)7-15)9-18-13(17)11-2-3-11/h1,4,6,8,11H,2-3,5,9H2/b4-1+. The molecule has 0 aliphatic heterocycles. The van der Waals surface area contributed by atoms with Gasteiger partial charge in [0, 0.05) is 23.8 Å². The van der Waals surface area contributed by atoms with Gasteiger partial charge in [-0.05, 0) is 18.9 Å². The highest BCUT2D eigenvalue weighted by atomic mass is 35.5. The van der Waals surface area contributed by atoms with Crippen molar-refractivity contribution in [1.29, 1.82) is 5.26 Å². The molecular formula is C13H13ClN2O2. The number of allylic oxidation sites excluding steroid dienone is 1. The number of hydrogen-bond acceptors (Lipinski definition) is 3. The lowest BCUT2D eigenvalue weighted by Gasteiger charge is -2.01. The topological polar surface area (TPSA) is 55.0 Å². The monoisotopic (exact) mass is 264 g/mol. The van der Waals surface area contributed by atoms with Gasteiger partial charge in [-0.2, -0.15) is 5.26 Å². The number of nitrogens with zero attached hydrogens (tertiary/aromatic N) is 2. The lowest BCUT2D eigenvalue weighted by molar-refractivity contribution is -0.146. The zero-order chi connectivity index (χ0) is 13.0. The fourth-order valence-electron chi connectivity index (χ4n) is 1.64. The van der Waals surface area contributed by atoms with Crippen molar-refractivity contribution in [3.8, 4) is 6.07 Å². The van der Waals surface area contributed by atoms with E-state index >= 15 is 0 Å². The van der Waals surface area contributed by atoms with E-state index in [0.717, 1.165) is 18.4 Å². The Morgan fingerprint density at radius 3 is 3.06 bits per heavy atom. The first-order valence-corrected chi connectivity index (χ1v) is 6.19. The molecule has 0 saturated heterocycles. The molecule has 0 bridgehead atoms. The maximum atomic E-state index is 11.4. The average molecular weight is 265 g/mol. The number of carbonyl (C=O) groups excluding carboxylic acids is 1. The normalized spacial score (nSPS) is 14.7. The summed E-state index contributed by atoms with van der Waals surface area (Å²) < 4.78 is 6.93. The summed E-state index contributed by atoms with van der Waals surface area (Å²) in [4.78, 5) is 11.4. The summed E-state index contributed by atoms with van der Waals surface area (Å²) in [5.74, 6) is -0.0383. The molecule has 2 rings (SSSR count). The quantitative estimate of drug-likeness (QED) is 0.768. The predicted octanol–water partition coefficient (Wildman–Crippen LogP) is 2.57. The van der Waals surface area contributed by atoms with Crippen LogP contribution in [-0.2, 0) is 22.7 Å². The minimum absolute atomic E-state index is 0.0988. The first kappa shape index (κ1) is 12.7. The molecule has 1 aromatic heterocycles. The molecule has 5 heteroatoms. The van der Waals surface area contributed by atoms with E-state index in [1.807, 2.05) is 0 Å². The minimum Gasteiger partial charge on any atom is -0.461 e. The van der Waals surface area contributed by atoms with Gasteiger partial charge >= 0.3 is 5.97 Å². The fraction of sp³-hybridized carbons (Fsp3) is 0.385. The summed E-state index contributed by atoms with van der Waals surface area (Å²) in [5, 5.41) is 8.97. The maximum Gasteiger partial charge on any atom is 0.309 e. The maximum absolute atomic E-state index is 11.4. The van der Waals surface area contributed by atoms with Gasteiger partial charge in [0.1, 0.15) is 18.4 Å². The lowest BCUT2D eigenvalue weighted by Crippen LogP contribution is -2.05. The molecule has 4 nitrogen and oxygen atoms in total. The summed E-state index contributed by atoms with van der Waals surface area (Å²) in [6.45, 7) is 0.755. The molecule has 0 amide bonds. The zero-order valence-electron chi connectivity index (χ0n) is 9.80. The Hall–Kier alpha value is -1.73. The molecule has 1 heterocycles. The molecule has 0 spiro atoms. The van der Waals surface area contributed by atoms with Crippen molar-refractivity contribution in [1.82, 2.24) is 4.57 Å². The van der Waals surface area contributed by atoms with Crippen molar-refractivity contribution in [2.45, 2.75) is 26.0 Å². The van der Waals surface area contributed by atoms with Crippen molar-refractivity contribution in [2.24, 2.45) is 5.92 Å². The van der Waals surface area contributed by atoms with Crippen LogP contribution in [0.3, 0.4) is 0 Å². The van der Waals surface area contributed by atoms with Gasteiger partial charge in [-0.25, -0.2) is 0 Å². The number of halogens is 1. The van der Waals surface area contributed by atoms with Crippen LogP contribution in [0.15, 0.2) is 23.9 Å². The molecule has 18 heavy (non-hydrogen) atoms. The van der Waals surface area contributed by atoms with Crippen molar-refractivity contribution in [3.05, 3.63) is 35.1 Å². The second-order valence-electron chi connectivity index (χ2n) is 4.24. The average Bonchev–Trinajstić information content (AvgIpc) is 3.15. The second kappa shape index (κ2) is 5.74. The van der Waals surface area contributed by atoms with Crippen LogP contribution in [0.5, 0.6) is 0 Å². The van der Waals surface area contributed by atoms with E-state index in [0.29, 0.717) is 12.2 Å². The molecular weight excluding hydrogens is 252 g/mol. The molecule has 0 radical (unpaired) electrons. The summed E-state index contributed by atoms with van der Waals surface area (Å²) >= 11 is 5.45. The number of rotatable bonds is 5. The Kier molecular flexibility index (Phi) is 4.06. The summed E-state index contributed by atoms with van der Waals surface area (Å²) in [5.41, 5.74) is 2.76. The Morgan fingerprint density at radius 2 is 2.44 bits per heavy atom. The van der Waals surface area contributed by atoms with Crippen molar-refractivity contribution >= 4 is 17.6 Å². The van der Waals surface area contributed by atoms with Crippen molar-refractivity contribution in [3.63, 3.8) is 0 Å². The van der Waals surface area contributed by atoms with Crippen LogP contribution in [0, 0.1) is 17.2 Å². The van der Waals surface area contributed by atoms with E-state index in [-0.39, 0.29) is 18.5 Å². The highest BCUT2D eigenvalue weighted by Gasteiger charge is 2.31. The Morgan fingerprint density at radius 1 is 1.67 bits per heavy atom. The van der Waals surface area contributed by atoms with Gasteiger partial charge < -0.3 is 9.30 Å². The van der Waals surface area contributed by atoms with E-state index in [2.05, 4.69) is 6.07 Å². The number of nitriles is 1. The van der Waals surface area contributed by atoms with E-state index < -0.39 is 0 Å². The molecule has 0 N–H and O–H groups in total. The molecule has 1 aromatic rings. The van der Waals surface area contributed by atoms with Crippen LogP contribution in [0.25, 0.3) is 0 Å². The number of ether oxygens (including phenoxy) is 1. The van der Waals surface area contributed by atoms with Gasteiger partial charge in [-0.15, -0.1) is 0 Å². The third-order valence-corrected chi connectivity index (χ3v) is 2.93.